The first-order valence-corrected chi connectivity index (χ1v) is 10.4. The number of anilines is 1. The van der Waals surface area contributed by atoms with Gasteiger partial charge in [-0.25, -0.2) is 13.4 Å². The molecule has 0 aliphatic heterocycles. The fraction of sp³-hybridized carbons (Fsp3) is 0.0455. The molecule has 8 heteroatoms. The molecule has 0 aliphatic carbocycles. The Bertz CT molecular complexity index is 1360. The van der Waals surface area contributed by atoms with Gasteiger partial charge in [0.1, 0.15) is 5.75 Å². The molecule has 30 heavy (non-hydrogen) atoms. The monoisotopic (exact) mass is 416 g/mol. The average molecular weight is 416 g/mol. The highest BCUT2D eigenvalue weighted by Gasteiger charge is 2.18. The van der Waals surface area contributed by atoms with E-state index in [2.05, 4.69) is 14.7 Å². The summed E-state index contributed by atoms with van der Waals surface area (Å²) in [6.07, 6.45) is 1.67. The number of aromatic nitrogens is 2. The van der Waals surface area contributed by atoms with Crippen molar-refractivity contribution in [3.05, 3.63) is 78.5 Å². The molecule has 0 saturated carbocycles. The number of nitriles is 1. The Hall–Kier alpha value is -3.96. The molecule has 4 rings (SSSR count). The van der Waals surface area contributed by atoms with Gasteiger partial charge in [0.15, 0.2) is 0 Å². The summed E-state index contributed by atoms with van der Waals surface area (Å²) in [6, 6.07) is 20.1. The van der Waals surface area contributed by atoms with Crippen molar-refractivity contribution in [2.75, 3.05) is 11.8 Å². The molecule has 148 valence electrons. The van der Waals surface area contributed by atoms with Crippen LogP contribution in [0.3, 0.4) is 0 Å². The second-order valence-corrected chi connectivity index (χ2v) is 8.05. The summed E-state index contributed by atoms with van der Waals surface area (Å²) >= 11 is 0. The number of ether oxygens (including phenoxy) is 1. The number of rotatable bonds is 5. The summed E-state index contributed by atoms with van der Waals surface area (Å²) < 4.78 is 33.8. The standard InChI is InChI=1S/C22H16N4O3S/c1-29-21-12-11-20(26-30(27,28)16-7-5-15(14-23)6-8-16)22-17(21)9-10-19(25-22)18-4-2-3-13-24-18/h2-13,26H,1H3. The van der Waals surface area contributed by atoms with Gasteiger partial charge in [0.25, 0.3) is 10.0 Å². The largest absolute Gasteiger partial charge is 0.496 e. The number of nitrogens with zero attached hydrogens (tertiary/aromatic N) is 3. The van der Waals surface area contributed by atoms with E-state index < -0.39 is 10.0 Å². The van der Waals surface area contributed by atoms with Gasteiger partial charge in [-0.3, -0.25) is 9.71 Å². The van der Waals surface area contributed by atoms with Gasteiger partial charge in [0.2, 0.25) is 0 Å². The summed E-state index contributed by atoms with van der Waals surface area (Å²) in [5.41, 5.74) is 2.41. The molecular weight excluding hydrogens is 400 g/mol. The highest BCUT2D eigenvalue weighted by molar-refractivity contribution is 7.92. The van der Waals surface area contributed by atoms with Gasteiger partial charge < -0.3 is 4.74 Å². The van der Waals surface area contributed by atoms with Gasteiger partial charge in [-0.15, -0.1) is 0 Å². The first kappa shape index (κ1) is 19.4. The Morgan fingerprint density at radius 2 is 1.77 bits per heavy atom. The maximum Gasteiger partial charge on any atom is 0.261 e. The van der Waals surface area contributed by atoms with E-state index in [1.807, 2.05) is 36.4 Å². The van der Waals surface area contributed by atoms with Crippen LogP contribution in [0.1, 0.15) is 5.56 Å². The van der Waals surface area contributed by atoms with Crippen molar-refractivity contribution in [1.82, 2.24) is 9.97 Å². The molecule has 0 bridgehead atoms. The first-order chi connectivity index (χ1) is 14.5. The third kappa shape index (κ3) is 3.66. The average Bonchev–Trinajstić information content (AvgIpc) is 2.79. The van der Waals surface area contributed by atoms with E-state index in [0.717, 1.165) is 0 Å². The third-order valence-electron chi connectivity index (χ3n) is 4.50. The molecule has 0 unspecified atom stereocenters. The van der Waals surface area contributed by atoms with Gasteiger partial charge in [-0.1, -0.05) is 6.07 Å². The summed E-state index contributed by atoms with van der Waals surface area (Å²) in [7, 11) is -2.34. The zero-order valence-corrected chi connectivity index (χ0v) is 16.7. The van der Waals surface area contributed by atoms with Crippen molar-refractivity contribution < 1.29 is 13.2 Å². The maximum absolute atomic E-state index is 12.9. The lowest BCUT2D eigenvalue weighted by atomic mass is 10.1. The van der Waals surface area contributed by atoms with Crippen molar-refractivity contribution in [3.63, 3.8) is 0 Å². The molecule has 1 N–H and O–H groups in total. The molecule has 7 nitrogen and oxygen atoms in total. The van der Waals surface area contributed by atoms with Gasteiger partial charge in [-0.2, -0.15) is 5.26 Å². The number of sulfonamides is 1. The number of hydrogen-bond acceptors (Lipinski definition) is 6. The molecule has 0 atom stereocenters. The first-order valence-electron chi connectivity index (χ1n) is 8.94. The lowest BCUT2D eigenvalue weighted by molar-refractivity contribution is 0.420. The minimum atomic E-state index is -3.88. The normalized spacial score (nSPS) is 11.1. The second-order valence-electron chi connectivity index (χ2n) is 6.36. The summed E-state index contributed by atoms with van der Waals surface area (Å²) in [5, 5.41) is 9.58. The van der Waals surface area contributed by atoms with Gasteiger partial charge in [-0.05, 0) is 60.7 Å². The lowest BCUT2D eigenvalue weighted by Crippen LogP contribution is -2.13. The van der Waals surface area contributed by atoms with Crippen LogP contribution in [-0.4, -0.2) is 25.5 Å². The Labute approximate surface area is 173 Å². The zero-order chi connectivity index (χ0) is 21.1. The molecule has 2 aromatic heterocycles. The molecule has 0 amide bonds. The molecular formula is C22H16N4O3S. The molecule has 0 saturated heterocycles. The Balaban J connectivity index is 1.82. The van der Waals surface area contributed by atoms with E-state index in [1.165, 1.54) is 24.3 Å². The predicted molar refractivity (Wildman–Crippen MR) is 113 cm³/mol. The van der Waals surface area contributed by atoms with Gasteiger partial charge in [0.05, 0.1) is 46.2 Å². The van der Waals surface area contributed by atoms with E-state index in [0.29, 0.717) is 39.3 Å². The topological polar surface area (TPSA) is 105 Å². The number of pyridine rings is 2. The number of methoxy groups -OCH3 is 1. The number of nitrogens with one attached hydrogen (secondary N) is 1. The SMILES string of the molecule is COc1ccc(NS(=O)(=O)c2ccc(C#N)cc2)c2nc(-c3ccccn3)ccc12. The smallest absolute Gasteiger partial charge is 0.261 e. The summed E-state index contributed by atoms with van der Waals surface area (Å²) in [5.74, 6) is 0.575. The van der Waals surface area contributed by atoms with Crippen LogP contribution in [-0.2, 0) is 10.0 Å². The fourth-order valence-corrected chi connectivity index (χ4v) is 4.09. The maximum atomic E-state index is 12.9. The van der Waals surface area contributed by atoms with E-state index in [9.17, 15) is 8.42 Å². The molecule has 0 aliphatic rings. The number of fused-ring (bicyclic) bond motifs is 1. The Kier molecular flexibility index (Phi) is 5.04. The predicted octanol–water partition coefficient (Wildman–Crippen LogP) is 3.98. The summed E-state index contributed by atoms with van der Waals surface area (Å²) in [4.78, 5) is 9.00. The van der Waals surface area contributed by atoms with E-state index in [1.54, 1.807) is 25.4 Å². The van der Waals surface area contributed by atoms with Crippen molar-refractivity contribution in [2.45, 2.75) is 4.90 Å². The molecule has 2 heterocycles. The quantitative estimate of drug-likeness (QED) is 0.528. The van der Waals surface area contributed by atoms with Gasteiger partial charge in [0, 0.05) is 11.6 Å². The molecule has 0 spiro atoms. The molecule has 2 aromatic carbocycles. The van der Waals surface area contributed by atoms with Crippen LogP contribution >= 0.6 is 0 Å². The van der Waals surface area contributed by atoms with Crippen LogP contribution in [0.4, 0.5) is 5.69 Å². The van der Waals surface area contributed by atoms with Crippen molar-refractivity contribution in [3.8, 4) is 23.2 Å². The van der Waals surface area contributed by atoms with E-state index >= 15 is 0 Å². The van der Waals surface area contributed by atoms with E-state index in [4.69, 9.17) is 10.00 Å². The third-order valence-corrected chi connectivity index (χ3v) is 5.88. The van der Waals surface area contributed by atoms with Crippen LogP contribution < -0.4 is 9.46 Å². The number of benzene rings is 2. The van der Waals surface area contributed by atoms with Crippen molar-refractivity contribution >= 4 is 26.6 Å². The van der Waals surface area contributed by atoms with Crippen LogP contribution in [0, 0.1) is 11.3 Å². The minimum Gasteiger partial charge on any atom is -0.496 e. The van der Waals surface area contributed by atoms with Crippen molar-refractivity contribution in [1.29, 1.82) is 5.26 Å². The Morgan fingerprint density at radius 3 is 2.43 bits per heavy atom. The Morgan fingerprint density at radius 1 is 0.967 bits per heavy atom. The number of hydrogen-bond donors (Lipinski definition) is 1. The van der Waals surface area contributed by atoms with Crippen LogP contribution in [0.15, 0.2) is 77.8 Å². The second kappa shape index (κ2) is 7.81. The van der Waals surface area contributed by atoms with Gasteiger partial charge >= 0.3 is 0 Å². The van der Waals surface area contributed by atoms with Crippen LogP contribution in [0.25, 0.3) is 22.3 Å². The highest BCUT2D eigenvalue weighted by Crippen LogP contribution is 2.33. The molecule has 4 aromatic rings. The molecule has 0 radical (unpaired) electrons. The highest BCUT2D eigenvalue weighted by atomic mass is 32.2. The van der Waals surface area contributed by atoms with Crippen molar-refractivity contribution in [2.24, 2.45) is 0 Å². The summed E-state index contributed by atoms with van der Waals surface area (Å²) in [6.45, 7) is 0. The van der Waals surface area contributed by atoms with E-state index in [-0.39, 0.29) is 4.90 Å². The van der Waals surface area contributed by atoms with Crippen LogP contribution in [0.5, 0.6) is 5.75 Å². The minimum absolute atomic E-state index is 0.0475. The zero-order valence-electron chi connectivity index (χ0n) is 15.9. The van der Waals surface area contributed by atoms with Crippen LogP contribution in [0.2, 0.25) is 0 Å². The lowest BCUT2D eigenvalue weighted by Gasteiger charge is -2.13. The molecule has 0 fully saturated rings. The fourth-order valence-electron chi connectivity index (χ4n) is 3.02.